The number of hydrogen-bond acceptors (Lipinski definition) is 0. The third-order valence-corrected chi connectivity index (χ3v) is 4.34. The van der Waals surface area contributed by atoms with E-state index in [9.17, 15) is 0 Å². The minimum absolute atomic E-state index is 0.734. The van der Waals surface area contributed by atoms with Crippen molar-refractivity contribution < 1.29 is 0 Å². The van der Waals surface area contributed by atoms with Crippen LogP contribution in [0.3, 0.4) is 0 Å². The first-order chi connectivity index (χ1) is 9.33. The van der Waals surface area contributed by atoms with Gasteiger partial charge in [0.1, 0.15) is 0 Å². The molecule has 0 unspecified atom stereocenters. The molecule has 1 saturated carbocycles. The molecule has 0 atom stereocenters. The molecule has 0 spiro atoms. The van der Waals surface area contributed by atoms with Crippen LogP contribution in [-0.4, -0.2) is 4.98 Å². The zero-order chi connectivity index (χ0) is 12.8. The van der Waals surface area contributed by atoms with E-state index in [4.69, 9.17) is 0 Å². The minimum atomic E-state index is 0.734. The van der Waals surface area contributed by atoms with Crippen LogP contribution in [0.5, 0.6) is 0 Å². The van der Waals surface area contributed by atoms with Gasteiger partial charge in [0, 0.05) is 21.1 Å². The molecule has 4 rings (SSSR count). The summed E-state index contributed by atoms with van der Waals surface area (Å²) < 4.78 is 1.15. The Labute approximate surface area is 120 Å². The fraction of sp³-hybridized carbons (Fsp3) is 0.176. The third kappa shape index (κ3) is 1.91. The van der Waals surface area contributed by atoms with Gasteiger partial charge in [-0.3, -0.25) is 0 Å². The Morgan fingerprint density at radius 1 is 1.00 bits per heavy atom. The highest BCUT2D eigenvalue weighted by atomic mass is 79.9. The summed E-state index contributed by atoms with van der Waals surface area (Å²) in [5.41, 5.74) is 5.33. The average Bonchev–Trinajstić information content (AvgIpc) is 3.21. The van der Waals surface area contributed by atoms with Gasteiger partial charge in [-0.1, -0.05) is 46.3 Å². The molecule has 1 aliphatic rings. The number of H-pyrrole nitrogens is 1. The largest absolute Gasteiger partial charge is 0.354 e. The molecule has 0 radical (unpaired) electrons. The second kappa shape index (κ2) is 4.24. The Kier molecular flexibility index (Phi) is 2.52. The number of fused-ring (bicyclic) bond motifs is 1. The van der Waals surface area contributed by atoms with Gasteiger partial charge >= 0.3 is 0 Å². The monoisotopic (exact) mass is 311 g/mol. The van der Waals surface area contributed by atoms with Crippen molar-refractivity contribution in [3.05, 3.63) is 58.6 Å². The van der Waals surface area contributed by atoms with E-state index in [1.807, 2.05) is 0 Å². The third-order valence-electron chi connectivity index (χ3n) is 3.85. The van der Waals surface area contributed by atoms with Gasteiger partial charge in [-0.2, -0.15) is 0 Å². The van der Waals surface area contributed by atoms with Gasteiger partial charge in [0.25, 0.3) is 0 Å². The first-order valence-corrected chi connectivity index (χ1v) is 7.49. The van der Waals surface area contributed by atoms with Crippen LogP contribution in [0.2, 0.25) is 0 Å². The Balaban J connectivity index is 2.02. The van der Waals surface area contributed by atoms with Crippen molar-refractivity contribution in [2.24, 2.45) is 0 Å². The summed E-state index contributed by atoms with van der Waals surface area (Å²) in [4.78, 5) is 3.61. The Hall–Kier alpha value is -1.54. The van der Waals surface area contributed by atoms with Gasteiger partial charge in [-0.25, -0.2) is 0 Å². The van der Waals surface area contributed by atoms with E-state index >= 15 is 0 Å². The number of halogens is 1. The van der Waals surface area contributed by atoms with Crippen LogP contribution < -0.4 is 0 Å². The highest BCUT2D eigenvalue weighted by Gasteiger charge is 2.29. The van der Waals surface area contributed by atoms with Crippen molar-refractivity contribution in [2.45, 2.75) is 18.8 Å². The molecule has 1 aliphatic carbocycles. The lowest BCUT2D eigenvalue weighted by Crippen LogP contribution is -1.83. The van der Waals surface area contributed by atoms with Gasteiger partial charge in [0.05, 0.1) is 0 Å². The molecule has 1 fully saturated rings. The predicted molar refractivity (Wildman–Crippen MR) is 83.4 cm³/mol. The van der Waals surface area contributed by atoms with Crippen molar-refractivity contribution in [3.8, 4) is 11.3 Å². The van der Waals surface area contributed by atoms with Gasteiger partial charge < -0.3 is 4.98 Å². The van der Waals surface area contributed by atoms with Crippen molar-refractivity contribution in [1.29, 1.82) is 0 Å². The molecule has 1 aromatic heterocycles. The SMILES string of the molecule is Brc1ccc2[nH]c(-c3ccccc3)c(C3CC3)c2c1. The summed E-state index contributed by atoms with van der Waals surface area (Å²) in [6.07, 6.45) is 2.64. The Morgan fingerprint density at radius 3 is 2.53 bits per heavy atom. The molecule has 19 heavy (non-hydrogen) atoms. The summed E-state index contributed by atoms with van der Waals surface area (Å²) in [6, 6.07) is 17.2. The molecule has 94 valence electrons. The Morgan fingerprint density at radius 2 is 1.79 bits per heavy atom. The van der Waals surface area contributed by atoms with E-state index < -0.39 is 0 Å². The van der Waals surface area contributed by atoms with Crippen LogP contribution in [0.15, 0.2) is 53.0 Å². The van der Waals surface area contributed by atoms with Crippen molar-refractivity contribution >= 4 is 26.8 Å². The van der Waals surface area contributed by atoms with Gasteiger partial charge in [0.15, 0.2) is 0 Å². The quantitative estimate of drug-likeness (QED) is 0.645. The molecule has 0 saturated heterocycles. The number of hydrogen-bond donors (Lipinski definition) is 1. The topological polar surface area (TPSA) is 15.8 Å². The average molecular weight is 312 g/mol. The minimum Gasteiger partial charge on any atom is -0.354 e. The lowest BCUT2D eigenvalue weighted by Gasteiger charge is -2.03. The molecule has 0 amide bonds. The van der Waals surface area contributed by atoms with E-state index in [1.165, 1.54) is 40.6 Å². The van der Waals surface area contributed by atoms with E-state index in [1.54, 1.807) is 0 Å². The van der Waals surface area contributed by atoms with E-state index in [2.05, 4.69) is 69.4 Å². The molecule has 0 bridgehead atoms. The molecule has 1 heterocycles. The Bertz CT molecular complexity index is 739. The van der Waals surface area contributed by atoms with Crippen LogP contribution >= 0.6 is 15.9 Å². The van der Waals surface area contributed by atoms with Crippen molar-refractivity contribution in [3.63, 3.8) is 0 Å². The molecule has 1 nitrogen and oxygen atoms in total. The summed E-state index contributed by atoms with van der Waals surface area (Å²) in [5, 5.41) is 1.37. The fourth-order valence-electron chi connectivity index (χ4n) is 2.81. The molecule has 2 aromatic carbocycles. The van der Waals surface area contributed by atoms with Gasteiger partial charge in [-0.05, 0) is 48.1 Å². The predicted octanol–water partition coefficient (Wildman–Crippen LogP) is 5.47. The second-order valence-electron chi connectivity index (χ2n) is 5.24. The van der Waals surface area contributed by atoms with Crippen LogP contribution in [0.4, 0.5) is 0 Å². The van der Waals surface area contributed by atoms with Crippen molar-refractivity contribution in [1.82, 2.24) is 4.98 Å². The van der Waals surface area contributed by atoms with Crippen LogP contribution in [-0.2, 0) is 0 Å². The number of aromatic amines is 1. The number of aromatic nitrogens is 1. The van der Waals surface area contributed by atoms with Crippen LogP contribution in [0, 0.1) is 0 Å². The summed E-state index contributed by atoms with van der Waals surface area (Å²) in [5.74, 6) is 0.734. The zero-order valence-electron chi connectivity index (χ0n) is 10.5. The van der Waals surface area contributed by atoms with Crippen LogP contribution in [0.1, 0.15) is 24.3 Å². The smallest absolute Gasteiger partial charge is 0.0500 e. The molecule has 1 N–H and O–H groups in total. The fourth-order valence-corrected chi connectivity index (χ4v) is 3.17. The van der Waals surface area contributed by atoms with Crippen LogP contribution in [0.25, 0.3) is 22.2 Å². The number of rotatable bonds is 2. The second-order valence-corrected chi connectivity index (χ2v) is 6.16. The summed E-state index contributed by atoms with van der Waals surface area (Å²) in [7, 11) is 0. The highest BCUT2D eigenvalue weighted by molar-refractivity contribution is 9.10. The molecule has 0 aliphatic heterocycles. The van der Waals surface area contributed by atoms with E-state index in [-0.39, 0.29) is 0 Å². The first-order valence-electron chi connectivity index (χ1n) is 6.69. The lowest BCUT2D eigenvalue weighted by molar-refractivity contribution is 1.15. The maximum atomic E-state index is 3.61. The lowest BCUT2D eigenvalue weighted by atomic mass is 10.0. The maximum absolute atomic E-state index is 3.61. The summed E-state index contributed by atoms with van der Waals surface area (Å²) >= 11 is 3.59. The van der Waals surface area contributed by atoms with Gasteiger partial charge in [-0.15, -0.1) is 0 Å². The molecular formula is C17H14BrN. The molecule has 2 heteroatoms. The number of nitrogens with one attached hydrogen (secondary N) is 1. The summed E-state index contributed by atoms with van der Waals surface area (Å²) in [6.45, 7) is 0. The maximum Gasteiger partial charge on any atom is 0.0500 e. The zero-order valence-corrected chi connectivity index (χ0v) is 12.1. The highest BCUT2D eigenvalue weighted by Crippen LogP contribution is 2.48. The van der Waals surface area contributed by atoms with E-state index in [0.29, 0.717) is 0 Å². The molecule has 3 aromatic rings. The number of benzene rings is 2. The first kappa shape index (κ1) is 11.3. The normalized spacial score (nSPS) is 15.0. The van der Waals surface area contributed by atoms with E-state index in [0.717, 1.165) is 10.4 Å². The standard InChI is InChI=1S/C17H14BrN/c18-13-8-9-15-14(10-13)16(11-6-7-11)17(19-15)12-4-2-1-3-5-12/h1-5,8-11,19H,6-7H2. The molecular weight excluding hydrogens is 298 g/mol. The van der Waals surface area contributed by atoms with Crippen molar-refractivity contribution in [2.75, 3.05) is 0 Å². The van der Waals surface area contributed by atoms with Gasteiger partial charge in [0.2, 0.25) is 0 Å².